The van der Waals surface area contributed by atoms with Gasteiger partial charge in [-0.25, -0.2) is 0 Å². The molecule has 1 heterocycles. The van der Waals surface area contributed by atoms with Gasteiger partial charge in [-0.1, -0.05) is 30.3 Å². The molecule has 2 aliphatic rings. The number of hydrogen-bond acceptors (Lipinski definition) is 2. The van der Waals surface area contributed by atoms with Crippen LogP contribution in [0.5, 0.6) is 0 Å². The smallest absolute Gasteiger partial charge is 0.225 e. The number of amides is 1. The summed E-state index contributed by atoms with van der Waals surface area (Å²) in [6.07, 6.45) is 2.13. The van der Waals surface area contributed by atoms with E-state index < -0.39 is 6.10 Å². The first kappa shape index (κ1) is 10.8. The van der Waals surface area contributed by atoms with Gasteiger partial charge in [-0.3, -0.25) is 4.79 Å². The highest BCUT2D eigenvalue weighted by atomic mass is 16.3. The van der Waals surface area contributed by atoms with Crippen molar-refractivity contribution in [1.29, 1.82) is 0 Å². The van der Waals surface area contributed by atoms with Crippen LogP contribution in [0.2, 0.25) is 0 Å². The maximum atomic E-state index is 11.7. The molecule has 1 saturated carbocycles. The second kappa shape index (κ2) is 3.84. The second-order valence-electron chi connectivity index (χ2n) is 5.28. The van der Waals surface area contributed by atoms with Crippen molar-refractivity contribution < 1.29 is 9.90 Å². The SMILES string of the molecule is O=C1CC(O)CN1CC1(c2ccccc2)CC1. The van der Waals surface area contributed by atoms with E-state index >= 15 is 0 Å². The third-order valence-electron chi connectivity index (χ3n) is 3.93. The molecule has 3 heteroatoms. The molecule has 0 aromatic heterocycles. The van der Waals surface area contributed by atoms with Gasteiger partial charge in [0, 0.05) is 18.5 Å². The number of carbonyl (C=O) groups excluding carboxylic acids is 1. The summed E-state index contributed by atoms with van der Waals surface area (Å²) in [5.41, 5.74) is 1.50. The summed E-state index contributed by atoms with van der Waals surface area (Å²) in [5, 5.41) is 9.50. The van der Waals surface area contributed by atoms with Gasteiger partial charge in [-0.05, 0) is 18.4 Å². The van der Waals surface area contributed by atoms with Crippen molar-refractivity contribution in [2.45, 2.75) is 30.8 Å². The third-order valence-corrected chi connectivity index (χ3v) is 3.93. The standard InChI is InChI=1S/C14H17NO2/c16-12-8-13(17)15(9-12)10-14(6-7-14)11-4-2-1-3-5-11/h1-5,12,16H,6-10H2. The van der Waals surface area contributed by atoms with Gasteiger partial charge >= 0.3 is 0 Å². The number of aliphatic hydroxyl groups is 1. The molecule has 90 valence electrons. The van der Waals surface area contributed by atoms with Gasteiger partial charge in [0.2, 0.25) is 5.91 Å². The van der Waals surface area contributed by atoms with E-state index in [1.165, 1.54) is 5.56 Å². The van der Waals surface area contributed by atoms with E-state index in [-0.39, 0.29) is 11.3 Å². The highest BCUT2D eigenvalue weighted by Crippen LogP contribution is 2.49. The first-order chi connectivity index (χ1) is 8.20. The largest absolute Gasteiger partial charge is 0.391 e. The molecule has 1 atom stereocenters. The molecule has 1 aromatic carbocycles. The normalized spacial score (nSPS) is 26.3. The Morgan fingerprint density at radius 3 is 2.53 bits per heavy atom. The Morgan fingerprint density at radius 2 is 2.00 bits per heavy atom. The number of rotatable bonds is 3. The van der Waals surface area contributed by atoms with Crippen LogP contribution < -0.4 is 0 Å². The molecule has 1 amide bonds. The summed E-state index contributed by atoms with van der Waals surface area (Å²) in [6.45, 7) is 1.28. The van der Waals surface area contributed by atoms with Crippen molar-refractivity contribution in [3.8, 4) is 0 Å². The van der Waals surface area contributed by atoms with E-state index in [4.69, 9.17) is 0 Å². The van der Waals surface area contributed by atoms with E-state index in [1.807, 2.05) is 11.0 Å². The molecule has 0 bridgehead atoms. The van der Waals surface area contributed by atoms with Gasteiger partial charge < -0.3 is 10.0 Å². The molecule has 0 spiro atoms. The van der Waals surface area contributed by atoms with Crippen molar-refractivity contribution in [1.82, 2.24) is 4.90 Å². The monoisotopic (exact) mass is 231 g/mol. The summed E-state index contributed by atoms with van der Waals surface area (Å²) in [6, 6.07) is 10.4. The van der Waals surface area contributed by atoms with Crippen molar-refractivity contribution >= 4 is 5.91 Å². The molecule has 1 saturated heterocycles. The average molecular weight is 231 g/mol. The number of β-amino-alcohol motifs (C(OH)–C–C–N with tert-alkyl or cyclic N) is 1. The van der Waals surface area contributed by atoms with E-state index in [9.17, 15) is 9.90 Å². The van der Waals surface area contributed by atoms with Gasteiger partial charge in [0.15, 0.2) is 0 Å². The van der Waals surface area contributed by atoms with Gasteiger partial charge in [-0.2, -0.15) is 0 Å². The molecule has 1 aromatic rings. The summed E-state index contributed by atoms with van der Waals surface area (Å²) in [5.74, 6) is 0.0970. The zero-order valence-electron chi connectivity index (χ0n) is 9.80. The fourth-order valence-corrected chi connectivity index (χ4v) is 2.75. The van der Waals surface area contributed by atoms with Crippen LogP contribution in [0.1, 0.15) is 24.8 Å². The Kier molecular flexibility index (Phi) is 2.44. The zero-order chi connectivity index (χ0) is 11.9. The maximum absolute atomic E-state index is 11.7. The van der Waals surface area contributed by atoms with Crippen LogP contribution in [0.3, 0.4) is 0 Å². The maximum Gasteiger partial charge on any atom is 0.225 e. The van der Waals surface area contributed by atoms with Crippen LogP contribution in [-0.2, 0) is 10.2 Å². The number of aliphatic hydroxyl groups excluding tert-OH is 1. The van der Waals surface area contributed by atoms with Gasteiger partial charge in [0.25, 0.3) is 0 Å². The van der Waals surface area contributed by atoms with Gasteiger partial charge in [0.1, 0.15) is 0 Å². The molecule has 17 heavy (non-hydrogen) atoms. The van der Waals surface area contributed by atoms with E-state index in [1.54, 1.807) is 0 Å². The summed E-state index contributed by atoms with van der Waals surface area (Å²) >= 11 is 0. The highest BCUT2D eigenvalue weighted by molar-refractivity contribution is 5.79. The number of nitrogens with zero attached hydrogens (tertiary/aromatic N) is 1. The van der Waals surface area contributed by atoms with Crippen LogP contribution in [0.15, 0.2) is 30.3 Å². The molecule has 0 radical (unpaired) electrons. The predicted molar refractivity (Wildman–Crippen MR) is 64.6 cm³/mol. The van der Waals surface area contributed by atoms with Crippen LogP contribution in [0.4, 0.5) is 0 Å². The van der Waals surface area contributed by atoms with Gasteiger partial charge in [0.05, 0.1) is 12.5 Å². The summed E-state index contributed by atoms with van der Waals surface area (Å²) in [7, 11) is 0. The lowest BCUT2D eigenvalue weighted by molar-refractivity contribution is -0.128. The van der Waals surface area contributed by atoms with Crippen molar-refractivity contribution in [2.24, 2.45) is 0 Å². The molecule has 3 nitrogen and oxygen atoms in total. The number of likely N-dealkylation sites (tertiary alicyclic amines) is 1. The van der Waals surface area contributed by atoms with E-state index in [0.717, 1.165) is 19.4 Å². The predicted octanol–water partition coefficient (Wildman–Crippen LogP) is 1.31. The Morgan fingerprint density at radius 1 is 1.29 bits per heavy atom. The Labute approximate surface area is 101 Å². The molecule has 3 rings (SSSR count). The highest BCUT2D eigenvalue weighted by Gasteiger charge is 2.47. The van der Waals surface area contributed by atoms with Crippen molar-refractivity contribution in [2.75, 3.05) is 13.1 Å². The summed E-state index contributed by atoms with van der Waals surface area (Å²) in [4.78, 5) is 13.5. The fourth-order valence-electron chi connectivity index (χ4n) is 2.75. The fraction of sp³-hybridized carbons (Fsp3) is 0.500. The number of hydrogen-bond donors (Lipinski definition) is 1. The third kappa shape index (κ3) is 1.95. The number of carbonyl (C=O) groups is 1. The molecular formula is C14H17NO2. The lowest BCUT2D eigenvalue weighted by atomic mass is 9.95. The quantitative estimate of drug-likeness (QED) is 0.852. The summed E-state index contributed by atoms with van der Waals surface area (Å²) < 4.78 is 0. The topological polar surface area (TPSA) is 40.5 Å². The molecule has 1 unspecified atom stereocenters. The van der Waals surface area contributed by atoms with Crippen LogP contribution in [-0.4, -0.2) is 35.1 Å². The number of benzene rings is 1. The van der Waals surface area contributed by atoms with Crippen LogP contribution in [0.25, 0.3) is 0 Å². The first-order valence-corrected chi connectivity index (χ1v) is 6.21. The Balaban J connectivity index is 1.75. The van der Waals surface area contributed by atoms with E-state index in [2.05, 4.69) is 24.3 Å². The van der Waals surface area contributed by atoms with E-state index in [0.29, 0.717) is 13.0 Å². The molecule has 1 aliphatic heterocycles. The van der Waals surface area contributed by atoms with Crippen molar-refractivity contribution in [3.05, 3.63) is 35.9 Å². The minimum Gasteiger partial charge on any atom is -0.391 e. The molecule has 1 N–H and O–H groups in total. The Hall–Kier alpha value is -1.35. The lowest BCUT2D eigenvalue weighted by Crippen LogP contribution is -2.34. The zero-order valence-corrected chi connectivity index (χ0v) is 9.80. The lowest BCUT2D eigenvalue weighted by Gasteiger charge is -2.23. The van der Waals surface area contributed by atoms with Crippen molar-refractivity contribution in [3.63, 3.8) is 0 Å². The first-order valence-electron chi connectivity index (χ1n) is 6.21. The van der Waals surface area contributed by atoms with Crippen LogP contribution >= 0.6 is 0 Å². The minimum absolute atomic E-state index is 0.0970. The molecular weight excluding hydrogens is 214 g/mol. The Bertz CT molecular complexity index is 425. The molecule has 2 fully saturated rings. The second-order valence-corrected chi connectivity index (χ2v) is 5.28. The van der Waals surface area contributed by atoms with Crippen LogP contribution in [0, 0.1) is 0 Å². The minimum atomic E-state index is -0.464. The average Bonchev–Trinajstić information content (AvgIpc) is 3.03. The molecule has 1 aliphatic carbocycles. The van der Waals surface area contributed by atoms with Gasteiger partial charge in [-0.15, -0.1) is 0 Å².